The zero-order chi connectivity index (χ0) is 13.0. The van der Waals surface area contributed by atoms with E-state index in [0.29, 0.717) is 12.3 Å². The van der Waals surface area contributed by atoms with Gasteiger partial charge in [-0.15, -0.1) is 0 Å². The van der Waals surface area contributed by atoms with Gasteiger partial charge >= 0.3 is 0 Å². The average Bonchev–Trinajstić information content (AvgIpc) is 2.34. The van der Waals surface area contributed by atoms with Crippen LogP contribution in [0.15, 0.2) is 52.3 Å². The van der Waals surface area contributed by atoms with Crippen LogP contribution in [-0.4, -0.2) is 6.61 Å². The molecule has 0 aliphatic carbocycles. The number of hydrogen-bond donors (Lipinski definition) is 1. The van der Waals surface area contributed by atoms with Crippen molar-refractivity contribution in [1.82, 2.24) is 0 Å². The topological polar surface area (TPSA) is 35.2 Å². The summed E-state index contributed by atoms with van der Waals surface area (Å²) in [6.45, 7) is 4.68. The van der Waals surface area contributed by atoms with Crippen LogP contribution in [0.5, 0.6) is 5.75 Å². The number of ether oxygens (including phenoxy) is 1. The SMILES string of the molecule is CCOc1cc(Sc2cccc(C)c2)ccc1N. The van der Waals surface area contributed by atoms with Gasteiger partial charge in [0.05, 0.1) is 12.3 Å². The smallest absolute Gasteiger partial charge is 0.143 e. The monoisotopic (exact) mass is 259 g/mol. The average molecular weight is 259 g/mol. The molecule has 0 saturated heterocycles. The van der Waals surface area contributed by atoms with E-state index < -0.39 is 0 Å². The minimum Gasteiger partial charge on any atom is -0.492 e. The van der Waals surface area contributed by atoms with E-state index in [1.807, 2.05) is 25.1 Å². The van der Waals surface area contributed by atoms with E-state index in [2.05, 4.69) is 31.2 Å². The van der Waals surface area contributed by atoms with Crippen LogP contribution in [0, 0.1) is 6.92 Å². The zero-order valence-corrected chi connectivity index (χ0v) is 11.5. The van der Waals surface area contributed by atoms with Gasteiger partial charge in [0.2, 0.25) is 0 Å². The van der Waals surface area contributed by atoms with Crippen LogP contribution in [0.2, 0.25) is 0 Å². The van der Waals surface area contributed by atoms with Gasteiger partial charge in [0, 0.05) is 9.79 Å². The van der Waals surface area contributed by atoms with E-state index in [1.54, 1.807) is 11.8 Å². The Labute approximate surface area is 112 Å². The maximum Gasteiger partial charge on any atom is 0.143 e. The van der Waals surface area contributed by atoms with Gasteiger partial charge < -0.3 is 10.5 Å². The van der Waals surface area contributed by atoms with Crippen molar-refractivity contribution in [3.63, 3.8) is 0 Å². The Hall–Kier alpha value is -1.61. The lowest BCUT2D eigenvalue weighted by molar-refractivity contribution is 0.341. The molecule has 0 atom stereocenters. The van der Waals surface area contributed by atoms with Gasteiger partial charge in [0.25, 0.3) is 0 Å². The molecule has 0 radical (unpaired) electrons. The molecular formula is C15H17NOS. The molecule has 0 unspecified atom stereocenters. The molecule has 3 heteroatoms. The largest absolute Gasteiger partial charge is 0.492 e. The Morgan fingerprint density at radius 3 is 2.61 bits per heavy atom. The highest BCUT2D eigenvalue weighted by Crippen LogP contribution is 2.33. The Kier molecular flexibility index (Phi) is 4.15. The van der Waals surface area contributed by atoms with E-state index in [9.17, 15) is 0 Å². The van der Waals surface area contributed by atoms with Gasteiger partial charge in [0.15, 0.2) is 0 Å². The van der Waals surface area contributed by atoms with Crippen LogP contribution in [-0.2, 0) is 0 Å². The van der Waals surface area contributed by atoms with Gasteiger partial charge in [-0.2, -0.15) is 0 Å². The van der Waals surface area contributed by atoms with E-state index >= 15 is 0 Å². The molecule has 0 aromatic heterocycles. The molecule has 18 heavy (non-hydrogen) atoms. The predicted octanol–water partition coefficient (Wildman–Crippen LogP) is 4.13. The van der Waals surface area contributed by atoms with E-state index in [1.165, 1.54) is 10.5 Å². The molecule has 0 fully saturated rings. The number of nitrogens with two attached hydrogens (primary N) is 1. The summed E-state index contributed by atoms with van der Waals surface area (Å²) in [6, 6.07) is 14.3. The first-order chi connectivity index (χ1) is 8.69. The fraction of sp³-hybridized carbons (Fsp3) is 0.200. The third-order valence-electron chi connectivity index (χ3n) is 2.51. The van der Waals surface area contributed by atoms with Crippen molar-refractivity contribution >= 4 is 17.4 Å². The van der Waals surface area contributed by atoms with Gasteiger partial charge in [-0.25, -0.2) is 0 Å². The third-order valence-corrected chi connectivity index (χ3v) is 3.49. The Bertz CT molecular complexity index is 540. The quantitative estimate of drug-likeness (QED) is 0.839. The van der Waals surface area contributed by atoms with Crippen molar-refractivity contribution in [2.24, 2.45) is 0 Å². The highest BCUT2D eigenvalue weighted by molar-refractivity contribution is 7.99. The molecule has 0 amide bonds. The van der Waals surface area contributed by atoms with Crippen LogP contribution in [0.4, 0.5) is 5.69 Å². The van der Waals surface area contributed by atoms with Gasteiger partial charge in [-0.3, -0.25) is 0 Å². The van der Waals surface area contributed by atoms with Crippen molar-refractivity contribution in [2.75, 3.05) is 12.3 Å². The first kappa shape index (κ1) is 12.8. The molecule has 2 aromatic rings. The summed E-state index contributed by atoms with van der Waals surface area (Å²) in [5, 5.41) is 0. The summed E-state index contributed by atoms with van der Waals surface area (Å²) in [6.07, 6.45) is 0. The van der Waals surface area contributed by atoms with E-state index in [0.717, 1.165) is 10.6 Å². The molecule has 2 nitrogen and oxygen atoms in total. The van der Waals surface area contributed by atoms with E-state index in [-0.39, 0.29) is 0 Å². The number of nitrogen functional groups attached to an aromatic ring is 1. The lowest BCUT2D eigenvalue weighted by Crippen LogP contribution is -1.96. The predicted molar refractivity (Wildman–Crippen MR) is 77.3 cm³/mol. The molecular weight excluding hydrogens is 242 g/mol. The highest BCUT2D eigenvalue weighted by atomic mass is 32.2. The summed E-state index contributed by atoms with van der Waals surface area (Å²) >= 11 is 1.71. The Morgan fingerprint density at radius 2 is 1.89 bits per heavy atom. The van der Waals surface area contributed by atoms with Crippen molar-refractivity contribution in [3.05, 3.63) is 48.0 Å². The third kappa shape index (κ3) is 3.20. The molecule has 2 rings (SSSR count). The maximum absolute atomic E-state index is 5.86. The fourth-order valence-electron chi connectivity index (χ4n) is 1.67. The molecule has 94 valence electrons. The normalized spacial score (nSPS) is 10.3. The van der Waals surface area contributed by atoms with Crippen LogP contribution < -0.4 is 10.5 Å². The van der Waals surface area contributed by atoms with Gasteiger partial charge in [0.1, 0.15) is 5.75 Å². The van der Waals surface area contributed by atoms with Crippen LogP contribution in [0.25, 0.3) is 0 Å². The zero-order valence-electron chi connectivity index (χ0n) is 10.6. The molecule has 0 aliphatic heterocycles. The van der Waals surface area contributed by atoms with Crippen molar-refractivity contribution in [2.45, 2.75) is 23.6 Å². The molecule has 2 aromatic carbocycles. The second-order valence-corrected chi connectivity index (χ2v) is 5.20. The number of anilines is 1. The summed E-state index contributed by atoms with van der Waals surface area (Å²) in [7, 11) is 0. The lowest BCUT2D eigenvalue weighted by Gasteiger charge is -2.09. The Balaban J connectivity index is 2.21. The Morgan fingerprint density at radius 1 is 1.11 bits per heavy atom. The first-order valence-corrected chi connectivity index (χ1v) is 6.77. The fourth-order valence-corrected chi connectivity index (χ4v) is 2.64. The standard InChI is InChI=1S/C15H17NOS/c1-3-17-15-10-13(7-8-14(15)16)18-12-6-4-5-11(2)9-12/h4-10H,3,16H2,1-2H3. The first-order valence-electron chi connectivity index (χ1n) is 5.96. The molecule has 0 spiro atoms. The maximum atomic E-state index is 5.86. The van der Waals surface area contributed by atoms with Crippen molar-refractivity contribution < 1.29 is 4.74 Å². The summed E-state index contributed by atoms with van der Waals surface area (Å²) in [5.74, 6) is 0.759. The molecule has 2 N–H and O–H groups in total. The van der Waals surface area contributed by atoms with Gasteiger partial charge in [-0.05, 0) is 44.2 Å². The minimum atomic E-state index is 0.628. The molecule has 0 bridgehead atoms. The summed E-state index contributed by atoms with van der Waals surface area (Å²) < 4.78 is 5.50. The van der Waals surface area contributed by atoms with E-state index in [4.69, 9.17) is 10.5 Å². The molecule has 0 aliphatic rings. The number of benzene rings is 2. The molecule has 0 heterocycles. The summed E-state index contributed by atoms with van der Waals surface area (Å²) in [4.78, 5) is 2.36. The number of aryl methyl sites for hydroxylation is 1. The van der Waals surface area contributed by atoms with Crippen LogP contribution in [0.1, 0.15) is 12.5 Å². The van der Waals surface area contributed by atoms with Crippen molar-refractivity contribution in [3.8, 4) is 5.75 Å². The number of hydrogen-bond acceptors (Lipinski definition) is 3. The second-order valence-electron chi connectivity index (χ2n) is 4.05. The molecule has 0 saturated carbocycles. The van der Waals surface area contributed by atoms with Crippen LogP contribution in [0.3, 0.4) is 0 Å². The second kappa shape index (κ2) is 5.83. The summed E-state index contributed by atoms with van der Waals surface area (Å²) in [5.41, 5.74) is 7.81. The van der Waals surface area contributed by atoms with Crippen LogP contribution >= 0.6 is 11.8 Å². The lowest BCUT2D eigenvalue weighted by atomic mass is 10.2. The minimum absolute atomic E-state index is 0.628. The van der Waals surface area contributed by atoms with Gasteiger partial charge in [-0.1, -0.05) is 29.5 Å². The highest BCUT2D eigenvalue weighted by Gasteiger charge is 2.03. The number of rotatable bonds is 4. The van der Waals surface area contributed by atoms with Crippen molar-refractivity contribution in [1.29, 1.82) is 0 Å².